The van der Waals surface area contributed by atoms with E-state index in [-0.39, 0.29) is 24.7 Å². The van der Waals surface area contributed by atoms with Crippen molar-refractivity contribution >= 4 is 6.09 Å². The number of hydrogen-bond donors (Lipinski definition) is 2. The number of hydrogen-bond acceptors (Lipinski definition) is 1. The Kier molecular flexibility index (Phi) is 3.04. The molecule has 0 aromatic carbocycles. The molecule has 0 bridgehead atoms. The molecular weight excluding hydrogens is 216 g/mol. The molecule has 2 unspecified atom stereocenters. The molecule has 16 heavy (non-hydrogen) atoms. The van der Waals surface area contributed by atoms with E-state index < -0.39 is 12.0 Å². The van der Waals surface area contributed by atoms with Gasteiger partial charge in [0.1, 0.15) is 0 Å². The topological polar surface area (TPSA) is 49.3 Å². The van der Waals surface area contributed by atoms with Gasteiger partial charge in [-0.15, -0.1) is 0 Å². The molecule has 2 saturated carbocycles. The highest BCUT2D eigenvalue weighted by Crippen LogP contribution is 2.49. The van der Waals surface area contributed by atoms with Gasteiger partial charge in [-0.3, -0.25) is 0 Å². The largest absolute Gasteiger partial charge is 0.465 e. The first-order valence-corrected chi connectivity index (χ1v) is 5.81. The molecule has 0 radical (unpaired) electrons. The van der Waals surface area contributed by atoms with E-state index in [0.29, 0.717) is 18.9 Å². The Morgan fingerprint density at radius 3 is 2.75 bits per heavy atom. The summed E-state index contributed by atoms with van der Waals surface area (Å²) in [6.45, 7) is 0.411. The predicted molar refractivity (Wildman–Crippen MR) is 54.5 cm³/mol. The third-order valence-corrected chi connectivity index (χ3v) is 3.92. The number of carbonyl (C=O) groups is 1. The fraction of sp³-hybridized carbons (Fsp3) is 0.909. The first kappa shape index (κ1) is 11.6. The van der Waals surface area contributed by atoms with E-state index in [0.717, 1.165) is 12.8 Å². The summed E-state index contributed by atoms with van der Waals surface area (Å²) in [5, 5.41) is 10.8. The van der Waals surface area contributed by atoms with Crippen molar-refractivity contribution in [3.8, 4) is 0 Å². The van der Waals surface area contributed by atoms with Crippen LogP contribution in [0.3, 0.4) is 0 Å². The first-order chi connectivity index (χ1) is 7.46. The average molecular weight is 233 g/mol. The van der Waals surface area contributed by atoms with Crippen LogP contribution in [0.25, 0.3) is 0 Å². The molecule has 2 N–H and O–H groups in total. The molecule has 1 amide bonds. The van der Waals surface area contributed by atoms with E-state index in [2.05, 4.69) is 5.32 Å². The number of rotatable bonds is 2. The molecular formula is C11H17F2NO2. The number of halogens is 2. The number of fused-ring (bicyclic) bond motifs is 1. The number of nitrogens with one attached hydrogen (secondary N) is 1. The standard InChI is InChI=1S/C11H17F2NO2/c12-11(13)2-1-8-3-7(4-9(8)5-11)6-14-10(15)16/h7-9,14H,1-6H2,(H,15,16)/t7?,8?,9-/m0/s1. The maximum absolute atomic E-state index is 13.2. The Morgan fingerprint density at radius 2 is 2.06 bits per heavy atom. The summed E-state index contributed by atoms with van der Waals surface area (Å²) in [4.78, 5) is 10.3. The van der Waals surface area contributed by atoms with Crippen molar-refractivity contribution in [3.63, 3.8) is 0 Å². The van der Waals surface area contributed by atoms with Crippen molar-refractivity contribution < 1.29 is 18.7 Å². The van der Waals surface area contributed by atoms with Crippen LogP contribution in [0.2, 0.25) is 0 Å². The lowest BCUT2D eigenvalue weighted by atomic mass is 9.80. The highest BCUT2D eigenvalue weighted by Gasteiger charge is 2.45. The normalized spacial score (nSPS) is 36.8. The van der Waals surface area contributed by atoms with Crippen LogP contribution in [0, 0.1) is 17.8 Å². The molecule has 0 aromatic rings. The van der Waals surface area contributed by atoms with E-state index in [9.17, 15) is 13.6 Å². The smallest absolute Gasteiger partial charge is 0.404 e. The zero-order valence-corrected chi connectivity index (χ0v) is 9.09. The van der Waals surface area contributed by atoms with Crippen molar-refractivity contribution in [2.75, 3.05) is 6.54 Å². The molecule has 2 rings (SSSR count). The van der Waals surface area contributed by atoms with E-state index in [1.807, 2.05) is 0 Å². The summed E-state index contributed by atoms with van der Waals surface area (Å²) in [5.74, 6) is -1.75. The predicted octanol–water partition coefficient (Wildman–Crippen LogP) is 2.72. The summed E-state index contributed by atoms with van der Waals surface area (Å²) in [6, 6.07) is 0. The van der Waals surface area contributed by atoms with Crippen LogP contribution in [-0.4, -0.2) is 23.7 Å². The van der Waals surface area contributed by atoms with Gasteiger partial charge in [0.15, 0.2) is 0 Å². The average Bonchev–Trinajstić information content (AvgIpc) is 2.55. The SMILES string of the molecule is O=C(O)NCC1CC2CCC(F)(F)C[C@@H]2C1. The lowest BCUT2D eigenvalue weighted by Gasteiger charge is -2.31. The number of alkyl halides is 2. The second-order valence-corrected chi connectivity index (χ2v) is 5.14. The van der Waals surface area contributed by atoms with Gasteiger partial charge in [0, 0.05) is 19.4 Å². The first-order valence-electron chi connectivity index (χ1n) is 5.81. The zero-order chi connectivity index (χ0) is 11.8. The van der Waals surface area contributed by atoms with Crippen LogP contribution in [-0.2, 0) is 0 Å². The van der Waals surface area contributed by atoms with Crippen molar-refractivity contribution in [2.45, 2.75) is 38.0 Å². The zero-order valence-electron chi connectivity index (χ0n) is 9.09. The van der Waals surface area contributed by atoms with E-state index in [1.54, 1.807) is 0 Å². The summed E-state index contributed by atoms with van der Waals surface area (Å²) < 4.78 is 26.3. The molecule has 5 heteroatoms. The molecule has 92 valence electrons. The second-order valence-electron chi connectivity index (χ2n) is 5.14. The molecule has 3 atom stereocenters. The van der Waals surface area contributed by atoms with Gasteiger partial charge in [-0.05, 0) is 37.0 Å². The maximum Gasteiger partial charge on any atom is 0.404 e. The monoisotopic (exact) mass is 233 g/mol. The molecule has 2 aliphatic carbocycles. The molecule has 0 aromatic heterocycles. The number of amides is 1. The Bertz CT molecular complexity index is 283. The van der Waals surface area contributed by atoms with Crippen LogP contribution >= 0.6 is 0 Å². The van der Waals surface area contributed by atoms with Crippen LogP contribution in [0.5, 0.6) is 0 Å². The lowest BCUT2D eigenvalue weighted by Crippen LogP contribution is -2.29. The van der Waals surface area contributed by atoms with Gasteiger partial charge in [0.2, 0.25) is 5.92 Å². The Labute approximate surface area is 93.2 Å². The highest BCUT2D eigenvalue weighted by atomic mass is 19.3. The molecule has 0 saturated heterocycles. The van der Waals surface area contributed by atoms with Gasteiger partial charge >= 0.3 is 6.09 Å². The Morgan fingerprint density at radius 1 is 1.38 bits per heavy atom. The molecule has 0 spiro atoms. The van der Waals surface area contributed by atoms with Gasteiger partial charge in [0.25, 0.3) is 0 Å². The van der Waals surface area contributed by atoms with Crippen molar-refractivity contribution in [2.24, 2.45) is 17.8 Å². The second kappa shape index (κ2) is 4.18. The molecule has 0 aliphatic heterocycles. The van der Waals surface area contributed by atoms with E-state index >= 15 is 0 Å². The van der Waals surface area contributed by atoms with E-state index in [4.69, 9.17) is 5.11 Å². The van der Waals surface area contributed by atoms with Crippen LogP contribution in [0.1, 0.15) is 32.1 Å². The van der Waals surface area contributed by atoms with Crippen LogP contribution in [0.15, 0.2) is 0 Å². The van der Waals surface area contributed by atoms with Crippen LogP contribution < -0.4 is 5.32 Å². The Hall–Kier alpha value is -0.870. The molecule has 3 nitrogen and oxygen atoms in total. The van der Waals surface area contributed by atoms with Crippen molar-refractivity contribution in [1.29, 1.82) is 0 Å². The summed E-state index contributed by atoms with van der Waals surface area (Å²) in [7, 11) is 0. The third-order valence-electron chi connectivity index (χ3n) is 3.92. The van der Waals surface area contributed by atoms with Gasteiger partial charge < -0.3 is 10.4 Å². The summed E-state index contributed by atoms with van der Waals surface area (Å²) in [5.41, 5.74) is 0. The minimum Gasteiger partial charge on any atom is -0.465 e. The van der Waals surface area contributed by atoms with Crippen LogP contribution in [0.4, 0.5) is 13.6 Å². The summed E-state index contributed by atoms with van der Waals surface area (Å²) in [6.07, 6.45) is 1.23. The van der Waals surface area contributed by atoms with Gasteiger partial charge in [-0.25, -0.2) is 13.6 Å². The van der Waals surface area contributed by atoms with Gasteiger partial charge in [-0.1, -0.05) is 0 Å². The fourth-order valence-electron chi connectivity index (χ4n) is 3.22. The third kappa shape index (κ3) is 2.62. The van der Waals surface area contributed by atoms with Gasteiger partial charge in [0.05, 0.1) is 0 Å². The number of carboxylic acid groups (broad SMARTS) is 1. The lowest BCUT2D eigenvalue weighted by molar-refractivity contribution is -0.0634. The van der Waals surface area contributed by atoms with E-state index in [1.165, 1.54) is 0 Å². The minimum absolute atomic E-state index is 0.00123. The van der Waals surface area contributed by atoms with Crippen molar-refractivity contribution in [1.82, 2.24) is 5.32 Å². The fourth-order valence-corrected chi connectivity index (χ4v) is 3.22. The van der Waals surface area contributed by atoms with Gasteiger partial charge in [-0.2, -0.15) is 0 Å². The Balaban J connectivity index is 1.84. The quantitative estimate of drug-likeness (QED) is 0.770. The maximum atomic E-state index is 13.2. The highest BCUT2D eigenvalue weighted by molar-refractivity contribution is 5.64. The molecule has 2 fully saturated rings. The summed E-state index contributed by atoms with van der Waals surface area (Å²) >= 11 is 0. The molecule has 0 heterocycles. The van der Waals surface area contributed by atoms with Crippen molar-refractivity contribution in [3.05, 3.63) is 0 Å². The minimum atomic E-state index is -2.49. The molecule has 2 aliphatic rings.